The summed E-state index contributed by atoms with van der Waals surface area (Å²) in [7, 11) is 0. The molecule has 1 aromatic carbocycles. The maximum Gasteiger partial charge on any atom is 0.254 e. The van der Waals surface area contributed by atoms with Gasteiger partial charge in [-0.05, 0) is 23.8 Å². The van der Waals surface area contributed by atoms with Gasteiger partial charge < -0.3 is 19.7 Å². The zero-order chi connectivity index (χ0) is 16.5. The Balaban J connectivity index is 1.66. The lowest BCUT2D eigenvalue weighted by Gasteiger charge is -2.36. The maximum atomic E-state index is 13.1. The number of carbonyl (C=O) groups is 1. The van der Waals surface area contributed by atoms with E-state index in [0.717, 1.165) is 12.1 Å². The summed E-state index contributed by atoms with van der Waals surface area (Å²) >= 11 is 6.21. The van der Waals surface area contributed by atoms with Gasteiger partial charge in [-0.15, -0.1) is 0 Å². The molecule has 24 heavy (non-hydrogen) atoms. The van der Waals surface area contributed by atoms with E-state index >= 15 is 0 Å². The first-order chi connectivity index (χ1) is 11.7. The van der Waals surface area contributed by atoms with E-state index in [9.17, 15) is 4.79 Å². The smallest absolute Gasteiger partial charge is 0.254 e. The number of benzene rings is 1. The van der Waals surface area contributed by atoms with E-state index in [2.05, 4.69) is 10.3 Å². The molecule has 1 amide bonds. The van der Waals surface area contributed by atoms with E-state index in [1.165, 1.54) is 0 Å². The van der Waals surface area contributed by atoms with Gasteiger partial charge in [-0.1, -0.05) is 17.7 Å². The predicted molar refractivity (Wildman–Crippen MR) is 88.5 cm³/mol. The highest BCUT2D eigenvalue weighted by Gasteiger charge is 2.30. The number of carbonyl (C=O) groups excluding carboxylic acids is 1. The summed E-state index contributed by atoms with van der Waals surface area (Å²) in [5.41, 5.74) is 1.50. The Morgan fingerprint density at radius 3 is 3.12 bits per heavy atom. The lowest BCUT2D eigenvalue weighted by molar-refractivity contribution is 0.0633. The van der Waals surface area contributed by atoms with E-state index in [0.29, 0.717) is 35.2 Å². The minimum atomic E-state index is -0.0782. The number of hydrogen-bond acceptors (Lipinski definition) is 5. The quantitative estimate of drug-likeness (QED) is 0.904. The molecule has 2 aliphatic rings. The zero-order valence-electron chi connectivity index (χ0n) is 12.9. The number of halogens is 1. The average molecular weight is 346 g/mol. The highest BCUT2D eigenvalue weighted by molar-refractivity contribution is 6.32. The summed E-state index contributed by atoms with van der Waals surface area (Å²) in [6, 6.07) is 7.13. The van der Waals surface area contributed by atoms with Gasteiger partial charge in [0.05, 0.1) is 11.1 Å². The van der Waals surface area contributed by atoms with Crippen molar-refractivity contribution in [1.82, 2.24) is 15.2 Å². The molecule has 124 valence electrons. The first kappa shape index (κ1) is 15.2. The third-order valence-electron chi connectivity index (χ3n) is 4.25. The van der Waals surface area contributed by atoms with Crippen LogP contribution in [-0.4, -0.2) is 42.2 Å². The summed E-state index contributed by atoms with van der Waals surface area (Å²) in [5.74, 6) is 0.932. The van der Waals surface area contributed by atoms with Crippen molar-refractivity contribution in [3.63, 3.8) is 0 Å². The lowest BCUT2D eigenvalue weighted by Crippen LogP contribution is -2.48. The summed E-state index contributed by atoms with van der Waals surface area (Å²) < 4.78 is 10.7. The van der Waals surface area contributed by atoms with Crippen molar-refractivity contribution in [3.05, 3.63) is 52.8 Å². The molecule has 1 aromatic heterocycles. The Morgan fingerprint density at radius 1 is 1.38 bits per heavy atom. The summed E-state index contributed by atoms with van der Waals surface area (Å²) in [5, 5.41) is 3.72. The third-order valence-corrected chi connectivity index (χ3v) is 4.53. The maximum absolute atomic E-state index is 13.1. The van der Waals surface area contributed by atoms with Crippen molar-refractivity contribution in [3.8, 4) is 11.5 Å². The average Bonchev–Trinajstić information content (AvgIpc) is 3.11. The molecule has 2 aliphatic heterocycles. The van der Waals surface area contributed by atoms with Gasteiger partial charge in [-0.2, -0.15) is 0 Å². The minimum absolute atomic E-state index is 0.0656. The first-order valence-electron chi connectivity index (χ1n) is 7.75. The van der Waals surface area contributed by atoms with Crippen molar-refractivity contribution in [2.75, 3.05) is 26.4 Å². The molecule has 1 fully saturated rings. The Labute approximate surface area is 144 Å². The van der Waals surface area contributed by atoms with Gasteiger partial charge in [0.25, 0.3) is 5.91 Å². The van der Waals surface area contributed by atoms with Crippen LogP contribution in [0.2, 0.25) is 5.02 Å². The normalized spacial score (nSPS) is 19.4. The second-order valence-corrected chi connectivity index (χ2v) is 6.10. The molecule has 1 saturated heterocycles. The molecule has 1 N–H and O–H groups in total. The fourth-order valence-corrected chi connectivity index (χ4v) is 3.34. The molecular weight excluding hydrogens is 330 g/mol. The van der Waals surface area contributed by atoms with E-state index in [4.69, 9.17) is 21.1 Å². The molecule has 0 saturated carbocycles. The Hall–Kier alpha value is -2.31. The first-order valence-corrected chi connectivity index (χ1v) is 8.12. The molecule has 0 radical (unpaired) electrons. The van der Waals surface area contributed by atoms with Crippen LogP contribution in [0.5, 0.6) is 11.5 Å². The molecule has 0 spiro atoms. The van der Waals surface area contributed by atoms with Gasteiger partial charge in [0, 0.05) is 37.6 Å². The van der Waals surface area contributed by atoms with Crippen molar-refractivity contribution < 1.29 is 14.3 Å². The monoisotopic (exact) mass is 345 g/mol. The highest BCUT2D eigenvalue weighted by atomic mass is 35.5. The van der Waals surface area contributed by atoms with Gasteiger partial charge in [0.15, 0.2) is 11.5 Å². The Bertz CT molecular complexity index is 769. The Morgan fingerprint density at radius 2 is 2.29 bits per heavy atom. The van der Waals surface area contributed by atoms with Crippen LogP contribution in [0.25, 0.3) is 0 Å². The molecule has 1 atom stereocenters. The van der Waals surface area contributed by atoms with Crippen LogP contribution >= 0.6 is 11.6 Å². The summed E-state index contributed by atoms with van der Waals surface area (Å²) in [4.78, 5) is 19.1. The zero-order valence-corrected chi connectivity index (χ0v) is 13.6. The number of pyridine rings is 1. The number of nitrogens with zero attached hydrogens (tertiary/aromatic N) is 2. The summed E-state index contributed by atoms with van der Waals surface area (Å²) in [6.07, 6.45) is 3.52. The number of nitrogens with one attached hydrogen (secondary N) is 1. The molecule has 4 rings (SSSR count). The van der Waals surface area contributed by atoms with Gasteiger partial charge in [0.1, 0.15) is 0 Å². The fourth-order valence-electron chi connectivity index (χ4n) is 3.07. The number of ether oxygens (including phenoxy) is 2. The topological polar surface area (TPSA) is 63.7 Å². The molecular formula is C17H16ClN3O3. The largest absolute Gasteiger partial charge is 0.454 e. The van der Waals surface area contributed by atoms with Gasteiger partial charge in [0.2, 0.25) is 6.79 Å². The molecule has 0 bridgehead atoms. The highest BCUT2D eigenvalue weighted by Crippen LogP contribution is 2.40. The molecule has 3 heterocycles. The second kappa shape index (κ2) is 6.30. The standard InChI is InChI=1S/C17H16ClN3O3/c18-13-6-12(7-15-16(13)24-10-23-15)17(22)21-5-4-20-9-14(21)11-2-1-3-19-8-11/h1-3,6-8,14,20H,4-5,9-10H2. The molecule has 1 unspecified atom stereocenters. The van der Waals surface area contributed by atoms with Crippen LogP contribution in [0.4, 0.5) is 0 Å². The van der Waals surface area contributed by atoms with Crippen LogP contribution in [0.15, 0.2) is 36.7 Å². The SMILES string of the molecule is O=C(c1cc(Cl)c2c(c1)OCO2)N1CCNCC1c1cccnc1. The van der Waals surface area contributed by atoms with Crippen molar-refractivity contribution >= 4 is 17.5 Å². The number of rotatable bonds is 2. The fraction of sp³-hybridized carbons (Fsp3) is 0.294. The van der Waals surface area contributed by atoms with Crippen LogP contribution in [-0.2, 0) is 0 Å². The lowest BCUT2D eigenvalue weighted by atomic mass is 10.0. The van der Waals surface area contributed by atoms with Crippen molar-refractivity contribution in [2.45, 2.75) is 6.04 Å². The predicted octanol–water partition coefficient (Wildman–Crippen LogP) is 2.25. The van der Waals surface area contributed by atoms with Gasteiger partial charge in [-0.25, -0.2) is 0 Å². The second-order valence-electron chi connectivity index (χ2n) is 5.70. The van der Waals surface area contributed by atoms with Crippen LogP contribution in [0.1, 0.15) is 22.0 Å². The summed E-state index contributed by atoms with van der Waals surface area (Å²) in [6.45, 7) is 2.18. The van der Waals surface area contributed by atoms with Crippen molar-refractivity contribution in [2.24, 2.45) is 0 Å². The number of piperazine rings is 1. The molecule has 7 heteroatoms. The van der Waals surface area contributed by atoms with E-state index < -0.39 is 0 Å². The van der Waals surface area contributed by atoms with Crippen LogP contribution in [0, 0.1) is 0 Å². The molecule has 2 aromatic rings. The number of amides is 1. The van der Waals surface area contributed by atoms with E-state index in [-0.39, 0.29) is 18.7 Å². The van der Waals surface area contributed by atoms with Crippen LogP contribution in [0.3, 0.4) is 0 Å². The minimum Gasteiger partial charge on any atom is -0.454 e. The third kappa shape index (κ3) is 2.68. The van der Waals surface area contributed by atoms with E-state index in [1.807, 2.05) is 17.0 Å². The van der Waals surface area contributed by atoms with E-state index in [1.54, 1.807) is 24.5 Å². The Kier molecular flexibility index (Phi) is 4.00. The number of hydrogen-bond donors (Lipinski definition) is 1. The van der Waals surface area contributed by atoms with Gasteiger partial charge >= 0.3 is 0 Å². The molecule has 6 nitrogen and oxygen atoms in total. The van der Waals surface area contributed by atoms with Crippen LogP contribution < -0.4 is 14.8 Å². The number of aromatic nitrogens is 1. The van der Waals surface area contributed by atoms with Gasteiger partial charge in [-0.3, -0.25) is 9.78 Å². The van der Waals surface area contributed by atoms with Crippen molar-refractivity contribution in [1.29, 1.82) is 0 Å². The number of fused-ring (bicyclic) bond motifs is 1. The molecule has 0 aliphatic carbocycles.